The van der Waals surface area contributed by atoms with Gasteiger partial charge in [-0.25, -0.2) is 4.39 Å². The Balaban J connectivity index is 2.25. The molecule has 0 aliphatic rings. The molecule has 2 nitrogen and oxygen atoms in total. The minimum Gasteiger partial charge on any atom is -0.469 e. The highest BCUT2D eigenvalue weighted by Crippen LogP contribution is 2.22. The Bertz CT molecular complexity index is 560. The molecule has 0 fully saturated rings. The van der Waals surface area contributed by atoms with Crippen LogP contribution in [0.3, 0.4) is 0 Å². The lowest BCUT2D eigenvalue weighted by atomic mass is 10.0. The molecule has 2 rings (SSSR count). The zero-order valence-corrected chi connectivity index (χ0v) is 10.8. The molecule has 0 unspecified atom stereocenters. The van der Waals surface area contributed by atoms with Gasteiger partial charge in [0.25, 0.3) is 0 Å². The maximum Gasteiger partial charge on any atom is 0.170 e. The van der Waals surface area contributed by atoms with Crippen LogP contribution < -0.4 is 0 Å². The quantitative estimate of drug-likeness (QED) is 0.804. The predicted molar refractivity (Wildman–Crippen MR) is 65.6 cm³/mol. The van der Waals surface area contributed by atoms with Gasteiger partial charge in [0.15, 0.2) is 5.78 Å². The Labute approximate surface area is 107 Å². The van der Waals surface area contributed by atoms with Crippen molar-refractivity contribution in [2.45, 2.75) is 13.3 Å². The molecule has 2 aromatic rings. The minimum absolute atomic E-state index is 0.0810. The fourth-order valence-corrected chi connectivity index (χ4v) is 2.03. The number of Topliss-reactive ketones (excluding diaryl/α,β-unsaturated/α-hetero) is 1. The summed E-state index contributed by atoms with van der Waals surface area (Å²) < 4.78 is 18.7. The topological polar surface area (TPSA) is 30.2 Å². The molecule has 0 amide bonds. The first kappa shape index (κ1) is 12.0. The van der Waals surface area contributed by atoms with Crippen molar-refractivity contribution in [1.29, 1.82) is 0 Å². The molecule has 0 aliphatic heterocycles. The van der Waals surface area contributed by atoms with Crippen LogP contribution in [0, 0.1) is 12.7 Å². The van der Waals surface area contributed by atoms with Crippen molar-refractivity contribution < 1.29 is 13.6 Å². The number of carbonyl (C=O) groups excluding carboxylic acids is 1. The molecule has 0 spiro atoms. The Morgan fingerprint density at radius 1 is 1.41 bits per heavy atom. The summed E-state index contributed by atoms with van der Waals surface area (Å²) in [5.41, 5.74) is 1.18. The van der Waals surface area contributed by atoms with Gasteiger partial charge in [0, 0.05) is 6.42 Å². The number of rotatable bonds is 3. The van der Waals surface area contributed by atoms with Crippen LogP contribution in [0.4, 0.5) is 4.39 Å². The van der Waals surface area contributed by atoms with E-state index in [1.807, 2.05) is 0 Å². The van der Waals surface area contributed by atoms with Gasteiger partial charge in [-0.15, -0.1) is 0 Å². The first-order valence-corrected chi connectivity index (χ1v) is 5.89. The van der Waals surface area contributed by atoms with Gasteiger partial charge in [-0.05, 0) is 40.5 Å². The fraction of sp³-hybridized carbons (Fsp3) is 0.154. The SMILES string of the molecule is Cc1occc1C(=O)Cc1cccc(F)c1Br. The molecule has 0 bridgehead atoms. The second kappa shape index (κ2) is 4.84. The number of aryl methyl sites for hydroxylation is 1. The summed E-state index contributed by atoms with van der Waals surface area (Å²) in [5, 5.41) is 0. The van der Waals surface area contributed by atoms with Crippen molar-refractivity contribution in [1.82, 2.24) is 0 Å². The van der Waals surface area contributed by atoms with Gasteiger partial charge in [-0.2, -0.15) is 0 Å². The molecule has 1 heterocycles. The molecule has 0 radical (unpaired) electrons. The maximum absolute atomic E-state index is 13.3. The van der Waals surface area contributed by atoms with Crippen molar-refractivity contribution in [3.05, 3.63) is 57.7 Å². The molecule has 0 saturated carbocycles. The average Bonchev–Trinajstić information content (AvgIpc) is 2.71. The zero-order valence-electron chi connectivity index (χ0n) is 9.17. The van der Waals surface area contributed by atoms with Crippen molar-refractivity contribution in [3.63, 3.8) is 0 Å². The third-order valence-electron chi connectivity index (χ3n) is 2.54. The normalized spacial score (nSPS) is 10.5. The molecule has 0 N–H and O–H groups in total. The van der Waals surface area contributed by atoms with Gasteiger partial charge in [0.1, 0.15) is 11.6 Å². The molecule has 1 aromatic heterocycles. The lowest BCUT2D eigenvalue weighted by molar-refractivity contribution is 0.0991. The van der Waals surface area contributed by atoms with E-state index in [-0.39, 0.29) is 18.0 Å². The van der Waals surface area contributed by atoms with Crippen molar-refractivity contribution in [2.75, 3.05) is 0 Å². The number of furan rings is 1. The van der Waals surface area contributed by atoms with Gasteiger partial charge < -0.3 is 4.42 Å². The summed E-state index contributed by atoms with van der Waals surface area (Å²) in [6.07, 6.45) is 1.63. The Morgan fingerprint density at radius 3 is 2.82 bits per heavy atom. The first-order valence-electron chi connectivity index (χ1n) is 5.10. The molecule has 1 aromatic carbocycles. The molecule has 0 aliphatic carbocycles. The number of hydrogen-bond donors (Lipinski definition) is 0. The van der Waals surface area contributed by atoms with E-state index < -0.39 is 0 Å². The Morgan fingerprint density at radius 2 is 2.18 bits per heavy atom. The summed E-state index contributed by atoms with van der Waals surface area (Å²) >= 11 is 3.14. The number of hydrogen-bond acceptors (Lipinski definition) is 2. The van der Waals surface area contributed by atoms with Gasteiger partial charge in [0.05, 0.1) is 16.3 Å². The third-order valence-corrected chi connectivity index (χ3v) is 3.43. The highest BCUT2D eigenvalue weighted by Gasteiger charge is 2.14. The van der Waals surface area contributed by atoms with E-state index in [4.69, 9.17) is 4.42 Å². The standard InChI is InChI=1S/C13H10BrFO2/c1-8-10(5-6-17-8)12(16)7-9-3-2-4-11(15)13(9)14/h2-6H,7H2,1H3. The molecular formula is C13H10BrFO2. The lowest BCUT2D eigenvalue weighted by Crippen LogP contribution is -2.04. The predicted octanol–water partition coefficient (Wildman–Crippen LogP) is 3.92. The summed E-state index contributed by atoms with van der Waals surface area (Å²) in [4.78, 5) is 12.0. The lowest BCUT2D eigenvalue weighted by Gasteiger charge is -2.04. The van der Waals surface area contributed by atoms with E-state index in [2.05, 4.69) is 15.9 Å². The second-order valence-corrected chi connectivity index (χ2v) is 4.50. The van der Waals surface area contributed by atoms with Crippen molar-refractivity contribution in [2.24, 2.45) is 0 Å². The van der Waals surface area contributed by atoms with Gasteiger partial charge >= 0.3 is 0 Å². The van der Waals surface area contributed by atoms with Crippen LogP contribution in [0.25, 0.3) is 0 Å². The number of halogens is 2. The van der Waals surface area contributed by atoms with Crippen LogP contribution in [-0.2, 0) is 6.42 Å². The van der Waals surface area contributed by atoms with Crippen LogP contribution in [0.1, 0.15) is 21.7 Å². The van der Waals surface area contributed by atoms with Crippen LogP contribution in [0.15, 0.2) is 39.4 Å². The monoisotopic (exact) mass is 296 g/mol. The fourth-order valence-electron chi connectivity index (χ4n) is 1.63. The second-order valence-electron chi connectivity index (χ2n) is 3.70. The highest BCUT2D eigenvalue weighted by atomic mass is 79.9. The van der Waals surface area contributed by atoms with E-state index in [0.717, 1.165) is 0 Å². The summed E-state index contributed by atoms with van der Waals surface area (Å²) in [5.74, 6) is 0.143. The van der Waals surface area contributed by atoms with Crippen molar-refractivity contribution in [3.8, 4) is 0 Å². The van der Waals surface area contributed by atoms with Crippen LogP contribution in [0.2, 0.25) is 0 Å². The molecule has 17 heavy (non-hydrogen) atoms. The van der Waals surface area contributed by atoms with E-state index in [9.17, 15) is 9.18 Å². The average molecular weight is 297 g/mol. The van der Waals surface area contributed by atoms with Crippen LogP contribution in [0.5, 0.6) is 0 Å². The van der Waals surface area contributed by atoms with Crippen LogP contribution in [-0.4, -0.2) is 5.78 Å². The highest BCUT2D eigenvalue weighted by molar-refractivity contribution is 9.10. The van der Waals surface area contributed by atoms with E-state index in [0.29, 0.717) is 21.4 Å². The van der Waals surface area contributed by atoms with Crippen LogP contribution >= 0.6 is 15.9 Å². The van der Waals surface area contributed by atoms with E-state index in [1.165, 1.54) is 12.3 Å². The third kappa shape index (κ3) is 2.47. The molecule has 88 valence electrons. The van der Waals surface area contributed by atoms with Gasteiger partial charge in [-0.3, -0.25) is 4.79 Å². The Kier molecular flexibility index (Phi) is 3.43. The molecular weight excluding hydrogens is 287 g/mol. The number of carbonyl (C=O) groups is 1. The Hall–Kier alpha value is -1.42. The molecule has 0 atom stereocenters. The maximum atomic E-state index is 13.3. The summed E-state index contributed by atoms with van der Waals surface area (Å²) in [6.45, 7) is 1.73. The first-order chi connectivity index (χ1) is 8.09. The van der Waals surface area contributed by atoms with E-state index >= 15 is 0 Å². The number of benzene rings is 1. The van der Waals surface area contributed by atoms with Gasteiger partial charge in [-0.1, -0.05) is 12.1 Å². The number of ketones is 1. The smallest absolute Gasteiger partial charge is 0.170 e. The zero-order chi connectivity index (χ0) is 12.4. The van der Waals surface area contributed by atoms with Crippen molar-refractivity contribution >= 4 is 21.7 Å². The summed E-state index contributed by atoms with van der Waals surface area (Å²) in [7, 11) is 0. The minimum atomic E-state index is -0.362. The van der Waals surface area contributed by atoms with E-state index in [1.54, 1.807) is 25.1 Å². The summed E-state index contributed by atoms with van der Waals surface area (Å²) in [6, 6.07) is 6.29. The largest absolute Gasteiger partial charge is 0.469 e. The molecule has 4 heteroatoms. The molecule has 0 saturated heterocycles. The van der Waals surface area contributed by atoms with Gasteiger partial charge in [0.2, 0.25) is 0 Å².